The summed E-state index contributed by atoms with van der Waals surface area (Å²) in [5, 5.41) is 2.73. The van der Waals surface area contributed by atoms with Crippen LogP contribution in [0.15, 0.2) is 72.6 Å². The summed E-state index contributed by atoms with van der Waals surface area (Å²) in [6.45, 7) is 3.81. The molecule has 0 saturated heterocycles. The average Bonchev–Trinajstić information content (AvgIpc) is 2.38. The minimum absolute atomic E-state index is 0. The Kier molecular flexibility index (Phi) is 6.30. The Labute approximate surface area is 119 Å². The van der Waals surface area contributed by atoms with Crippen LogP contribution in [0.3, 0.4) is 0 Å². The molecule has 2 heteroatoms. The number of allylic oxidation sites excluding steroid dienone is 1. The van der Waals surface area contributed by atoms with Gasteiger partial charge >= 0.3 is 0 Å². The van der Waals surface area contributed by atoms with E-state index in [1.807, 2.05) is 6.08 Å². The minimum atomic E-state index is -0.394. The van der Waals surface area contributed by atoms with Crippen molar-refractivity contribution in [2.45, 2.75) is 0 Å². The Bertz CT molecular complexity index is 411. The number of rotatable bonds is 3. The molecule has 0 atom stereocenters. The zero-order valence-electron chi connectivity index (χ0n) is 9.58. The number of hydrogen-bond acceptors (Lipinski definition) is 0. The van der Waals surface area contributed by atoms with Gasteiger partial charge in [-0.15, -0.1) is 7.92 Å². The molecule has 0 spiro atoms. The van der Waals surface area contributed by atoms with Crippen LogP contribution in [0, 0.1) is 6.92 Å². The van der Waals surface area contributed by atoms with Crippen LogP contribution in [0.4, 0.5) is 0 Å². The molecule has 0 aliphatic rings. The standard InChI is InChI=1S/C15H14P.Ti/c1-2-13-16(14-9-5-3-6-10-14)15-11-7-4-8-12-15;/h2-13H,1H2;/q-1;/b13-2+;. The van der Waals surface area contributed by atoms with Gasteiger partial charge in [-0.25, -0.2) is 13.0 Å². The third-order valence-electron chi connectivity index (χ3n) is 2.32. The van der Waals surface area contributed by atoms with Crippen LogP contribution < -0.4 is 10.6 Å². The second kappa shape index (κ2) is 7.51. The van der Waals surface area contributed by atoms with E-state index in [4.69, 9.17) is 0 Å². The van der Waals surface area contributed by atoms with Crippen LogP contribution in [-0.4, -0.2) is 0 Å². The van der Waals surface area contributed by atoms with Crippen molar-refractivity contribution < 1.29 is 21.7 Å². The molecule has 0 fully saturated rings. The zero-order chi connectivity index (χ0) is 11.2. The first-order valence-corrected chi connectivity index (χ1v) is 6.68. The Morgan fingerprint density at radius 1 is 0.765 bits per heavy atom. The molecule has 0 nitrogen and oxygen atoms in total. The predicted molar refractivity (Wildman–Crippen MR) is 73.6 cm³/mol. The van der Waals surface area contributed by atoms with Crippen molar-refractivity contribution in [2.24, 2.45) is 0 Å². The maximum atomic E-state index is 3.81. The summed E-state index contributed by atoms with van der Waals surface area (Å²) in [6, 6.07) is 21.2. The molecule has 0 heterocycles. The molecule has 84 valence electrons. The van der Waals surface area contributed by atoms with Crippen molar-refractivity contribution in [1.29, 1.82) is 0 Å². The van der Waals surface area contributed by atoms with Gasteiger partial charge < -0.3 is 0 Å². The van der Waals surface area contributed by atoms with E-state index in [1.165, 1.54) is 10.6 Å². The quantitative estimate of drug-likeness (QED) is 0.456. The normalized spacial score (nSPS) is 10.4. The Morgan fingerprint density at radius 3 is 1.53 bits per heavy atom. The number of benzene rings is 2. The molecule has 0 radical (unpaired) electrons. The first kappa shape index (κ1) is 14.3. The summed E-state index contributed by atoms with van der Waals surface area (Å²) in [5.41, 5.74) is 0. The van der Waals surface area contributed by atoms with Gasteiger partial charge in [-0.2, -0.15) is 5.82 Å². The van der Waals surface area contributed by atoms with Gasteiger partial charge in [-0.05, 0) is 10.6 Å². The van der Waals surface area contributed by atoms with Crippen LogP contribution in [0.2, 0.25) is 0 Å². The van der Waals surface area contributed by atoms with Gasteiger partial charge in [0, 0.05) is 21.7 Å². The molecule has 2 rings (SSSR count). The van der Waals surface area contributed by atoms with E-state index < -0.39 is 7.92 Å². The summed E-state index contributed by atoms with van der Waals surface area (Å²) < 4.78 is 0. The van der Waals surface area contributed by atoms with Crippen molar-refractivity contribution in [3.8, 4) is 0 Å². The number of hydrogen-bond donors (Lipinski definition) is 0. The molecule has 0 unspecified atom stereocenters. The molecule has 0 N–H and O–H groups in total. The summed E-state index contributed by atoms with van der Waals surface area (Å²) in [6.07, 6.45) is 1.89. The van der Waals surface area contributed by atoms with Gasteiger partial charge in [0.1, 0.15) is 0 Å². The molecule has 2 aromatic carbocycles. The van der Waals surface area contributed by atoms with Crippen molar-refractivity contribution in [3.05, 3.63) is 79.5 Å². The molecular weight excluding hydrogens is 259 g/mol. The van der Waals surface area contributed by atoms with Crippen LogP contribution >= 0.6 is 7.92 Å². The largest absolute Gasteiger partial charge is 0.245 e. The molecule has 0 aliphatic heterocycles. The molecule has 0 aromatic heterocycles. The van der Waals surface area contributed by atoms with Crippen molar-refractivity contribution in [2.75, 3.05) is 0 Å². The van der Waals surface area contributed by atoms with E-state index in [0.717, 1.165) is 0 Å². The van der Waals surface area contributed by atoms with Crippen molar-refractivity contribution in [3.63, 3.8) is 0 Å². The maximum Gasteiger partial charge on any atom is 0 e. The first-order chi connectivity index (χ1) is 7.92. The smallest absolute Gasteiger partial charge is 0 e. The van der Waals surface area contributed by atoms with E-state index >= 15 is 0 Å². The van der Waals surface area contributed by atoms with E-state index in [9.17, 15) is 0 Å². The second-order valence-corrected chi connectivity index (χ2v) is 5.50. The topological polar surface area (TPSA) is 0 Å². The fraction of sp³-hybridized carbons (Fsp3) is 0. The molecule has 0 bridgehead atoms. The summed E-state index contributed by atoms with van der Waals surface area (Å²) in [4.78, 5) is 0. The molecule has 17 heavy (non-hydrogen) atoms. The predicted octanol–water partition coefficient (Wildman–Crippen LogP) is 3.46. The van der Waals surface area contributed by atoms with E-state index in [2.05, 4.69) is 73.4 Å². The van der Waals surface area contributed by atoms with Gasteiger partial charge in [0.25, 0.3) is 0 Å². The fourth-order valence-corrected chi connectivity index (χ4v) is 3.44. The van der Waals surface area contributed by atoms with Crippen molar-refractivity contribution in [1.82, 2.24) is 0 Å². The monoisotopic (exact) mass is 273 g/mol. The molecular formula is C15H14PTi-. The fourth-order valence-electron chi connectivity index (χ4n) is 1.60. The Hall–Kier alpha value is -0.806. The molecule has 0 amide bonds. The summed E-state index contributed by atoms with van der Waals surface area (Å²) in [5.74, 6) is 2.19. The minimum Gasteiger partial charge on any atom is -0.245 e. The van der Waals surface area contributed by atoms with Gasteiger partial charge in [0.2, 0.25) is 0 Å². The Morgan fingerprint density at radius 2 is 1.18 bits per heavy atom. The third kappa shape index (κ3) is 3.86. The van der Waals surface area contributed by atoms with Crippen molar-refractivity contribution >= 4 is 18.5 Å². The van der Waals surface area contributed by atoms with Crippen LogP contribution in [0.25, 0.3) is 0 Å². The molecule has 0 saturated carbocycles. The van der Waals surface area contributed by atoms with Crippen LogP contribution in [-0.2, 0) is 21.7 Å². The van der Waals surface area contributed by atoms with Gasteiger partial charge in [-0.3, -0.25) is 0 Å². The molecule has 0 aliphatic carbocycles. The summed E-state index contributed by atoms with van der Waals surface area (Å²) >= 11 is 0. The van der Waals surface area contributed by atoms with Crippen LogP contribution in [0.1, 0.15) is 0 Å². The van der Waals surface area contributed by atoms with Gasteiger partial charge in [0.05, 0.1) is 0 Å². The summed E-state index contributed by atoms with van der Waals surface area (Å²) in [7, 11) is -0.394. The molecule has 2 aromatic rings. The van der Waals surface area contributed by atoms with E-state index in [0.29, 0.717) is 0 Å². The Balaban J connectivity index is 0.00000144. The van der Waals surface area contributed by atoms with E-state index in [-0.39, 0.29) is 21.7 Å². The average molecular weight is 273 g/mol. The SMILES string of the molecule is [CH2-]/C=C/P(c1ccccc1)c1ccccc1.[Ti]. The third-order valence-corrected chi connectivity index (χ3v) is 4.54. The zero-order valence-corrected chi connectivity index (χ0v) is 12.0. The van der Waals surface area contributed by atoms with Crippen LogP contribution in [0.5, 0.6) is 0 Å². The van der Waals surface area contributed by atoms with Gasteiger partial charge in [-0.1, -0.05) is 60.7 Å². The first-order valence-electron chi connectivity index (χ1n) is 5.27. The maximum absolute atomic E-state index is 3.81. The van der Waals surface area contributed by atoms with Gasteiger partial charge in [0.15, 0.2) is 0 Å². The van der Waals surface area contributed by atoms with E-state index in [1.54, 1.807) is 0 Å². The second-order valence-electron chi connectivity index (χ2n) is 3.43.